The van der Waals surface area contributed by atoms with Gasteiger partial charge in [0.2, 0.25) is 0 Å². The van der Waals surface area contributed by atoms with E-state index < -0.39 is 35.7 Å². The van der Waals surface area contributed by atoms with Crippen molar-refractivity contribution in [2.24, 2.45) is 11.8 Å². The number of carbonyl (C=O) groups is 4. The summed E-state index contributed by atoms with van der Waals surface area (Å²) in [5.41, 5.74) is 3.32. The van der Waals surface area contributed by atoms with Crippen LogP contribution >= 0.6 is 46.4 Å². The summed E-state index contributed by atoms with van der Waals surface area (Å²) in [6.45, 7) is 3.95. The zero-order valence-corrected chi connectivity index (χ0v) is 30.1. The smallest absolute Gasteiger partial charge is 0.338 e. The van der Waals surface area contributed by atoms with Crippen LogP contribution < -0.4 is 9.47 Å². The van der Waals surface area contributed by atoms with Crippen LogP contribution in [0.4, 0.5) is 0 Å². The van der Waals surface area contributed by atoms with Crippen molar-refractivity contribution in [3.05, 3.63) is 104 Å². The minimum Gasteiger partial charge on any atom is -0.462 e. The van der Waals surface area contributed by atoms with E-state index in [1.165, 1.54) is 12.1 Å². The third-order valence-corrected chi connectivity index (χ3v) is 9.48. The molecule has 0 aromatic heterocycles. The summed E-state index contributed by atoms with van der Waals surface area (Å²) < 4.78 is 21.3. The first-order valence-corrected chi connectivity index (χ1v) is 17.5. The number of halogens is 4. The highest BCUT2D eigenvalue weighted by Crippen LogP contribution is 2.38. The predicted molar refractivity (Wildman–Crippen MR) is 192 cm³/mol. The van der Waals surface area contributed by atoms with Crippen LogP contribution in [-0.2, 0) is 19.1 Å². The number of ether oxygens (including phenoxy) is 4. The molecular formula is C38H32Cl4O8. The van der Waals surface area contributed by atoms with E-state index in [1.54, 1.807) is 74.5 Å². The summed E-state index contributed by atoms with van der Waals surface area (Å²) in [5.74, 6) is -2.22. The molecular weight excluding hydrogens is 726 g/mol. The van der Waals surface area contributed by atoms with Gasteiger partial charge in [-0.1, -0.05) is 70.7 Å². The molecule has 0 heterocycles. The van der Waals surface area contributed by atoms with Crippen molar-refractivity contribution in [3.63, 3.8) is 0 Å². The third kappa shape index (κ3) is 8.79. The minimum absolute atomic E-state index is 0.204. The van der Waals surface area contributed by atoms with E-state index in [1.807, 2.05) is 0 Å². The second-order valence-corrected chi connectivity index (χ2v) is 13.1. The van der Waals surface area contributed by atoms with Crippen molar-refractivity contribution in [2.75, 3.05) is 13.2 Å². The molecule has 0 atom stereocenters. The Bertz CT molecular complexity index is 1800. The van der Waals surface area contributed by atoms with Crippen LogP contribution in [0.5, 0.6) is 11.5 Å². The van der Waals surface area contributed by atoms with E-state index >= 15 is 0 Å². The second kappa shape index (κ2) is 16.8. The van der Waals surface area contributed by atoms with Crippen molar-refractivity contribution in [2.45, 2.75) is 39.5 Å². The number of carbonyl (C=O) groups excluding carboxylic acids is 4. The Labute approximate surface area is 309 Å². The fourth-order valence-corrected chi connectivity index (χ4v) is 6.65. The molecule has 8 nitrogen and oxygen atoms in total. The number of hydrogen-bond acceptors (Lipinski definition) is 8. The normalized spacial score (nSPS) is 15.6. The molecule has 0 saturated heterocycles. The lowest BCUT2D eigenvalue weighted by molar-refractivity contribution is -0.145. The van der Waals surface area contributed by atoms with Crippen molar-refractivity contribution in [1.29, 1.82) is 0 Å². The predicted octanol–water partition coefficient (Wildman–Crippen LogP) is 10.3. The van der Waals surface area contributed by atoms with Crippen LogP contribution in [0.15, 0.2) is 72.8 Å². The fourth-order valence-electron chi connectivity index (χ4n) is 5.63. The van der Waals surface area contributed by atoms with E-state index in [2.05, 4.69) is 0 Å². The van der Waals surface area contributed by atoms with E-state index in [0.717, 1.165) is 0 Å². The largest absolute Gasteiger partial charge is 0.462 e. The molecule has 0 spiro atoms. The Kier molecular flexibility index (Phi) is 12.5. The zero-order valence-electron chi connectivity index (χ0n) is 27.1. The molecule has 260 valence electrons. The van der Waals surface area contributed by atoms with Gasteiger partial charge in [0.15, 0.2) is 0 Å². The highest BCUT2D eigenvalue weighted by molar-refractivity contribution is 6.35. The molecule has 0 aliphatic heterocycles. The minimum atomic E-state index is -0.466. The molecule has 1 fully saturated rings. The monoisotopic (exact) mass is 756 g/mol. The number of hydrogen-bond donors (Lipinski definition) is 0. The van der Waals surface area contributed by atoms with Crippen LogP contribution in [0, 0.1) is 11.8 Å². The molecule has 0 N–H and O–H groups in total. The summed E-state index contributed by atoms with van der Waals surface area (Å²) in [4.78, 5) is 50.1. The van der Waals surface area contributed by atoms with Gasteiger partial charge in [0.05, 0.1) is 46.2 Å². The molecule has 4 aromatic rings. The molecule has 5 rings (SSSR count). The van der Waals surface area contributed by atoms with Gasteiger partial charge in [0, 0.05) is 21.2 Å². The summed E-state index contributed by atoms with van der Waals surface area (Å²) >= 11 is 25.8. The van der Waals surface area contributed by atoms with Crippen LogP contribution in [0.3, 0.4) is 0 Å². The van der Waals surface area contributed by atoms with Crippen molar-refractivity contribution < 1.29 is 38.1 Å². The van der Waals surface area contributed by atoms with E-state index in [0.29, 0.717) is 69.1 Å². The standard InChI is InChI=1S/C38H32Cl4O8/c1-3-47-35(43)25-9-13-27(29(39)19-25)23-11-15-33(31(41)17-23)49-37(45)21-5-7-22(8-6-21)38(46)50-34-16-12-24(18-32(34)42)28-14-10-26(20-30(28)40)36(44)48-4-2/h9-22H,3-8H2,1-2H3. The lowest BCUT2D eigenvalue weighted by Crippen LogP contribution is -2.30. The Morgan fingerprint density at radius 2 is 0.920 bits per heavy atom. The van der Waals surface area contributed by atoms with Gasteiger partial charge in [-0.15, -0.1) is 0 Å². The number of rotatable bonds is 10. The van der Waals surface area contributed by atoms with Crippen LogP contribution in [-0.4, -0.2) is 37.1 Å². The average Bonchev–Trinajstić information content (AvgIpc) is 3.10. The van der Waals surface area contributed by atoms with Gasteiger partial charge in [-0.3, -0.25) is 9.59 Å². The van der Waals surface area contributed by atoms with Gasteiger partial charge >= 0.3 is 23.9 Å². The summed E-state index contributed by atoms with van der Waals surface area (Å²) in [6, 6.07) is 19.6. The highest BCUT2D eigenvalue weighted by Gasteiger charge is 2.33. The summed E-state index contributed by atoms with van der Waals surface area (Å²) in [6.07, 6.45) is 1.74. The average molecular weight is 758 g/mol. The Balaban J connectivity index is 1.15. The fraction of sp³-hybridized carbons (Fsp3) is 0.263. The Morgan fingerprint density at radius 3 is 1.24 bits per heavy atom. The molecule has 0 amide bonds. The molecule has 1 aliphatic carbocycles. The lowest BCUT2D eigenvalue weighted by atomic mass is 9.82. The first kappa shape index (κ1) is 37.2. The first-order valence-electron chi connectivity index (χ1n) is 16.0. The summed E-state index contributed by atoms with van der Waals surface area (Å²) in [7, 11) is 0. The topological polar surface area (TPSA) is 105 Å². The Morgan fingerprint density at radius 1 is 0.540 bits per heavy atom. The maximum atomic E-state index is 13.0. The third-order valence-electron chi connectivity index (χ3n) is 8.26. The van der Waals surface area contributed by atoms with Crippen LogP contribution in [0.1, 0.15) is 60.2 Å². The maximum Gasteiger partial charge on any atom is 0.338 e. The van der Waals surface area contributed by atoms with E-state index in [-0.39, 0.29) is 34.8 Å². The molecule has 1 saturated carbocycles. The molecule has 0 bridgehead atoms. The molecule has 0 unspecified atom stereocenters. The lowest BCUT2D eigenvalue weighted by Gasteiger charge is -2.26. The molecule has 12 heteroatoms. The summed E-state index contributed by atoms with van der Waals surface area (Å²) in [5, 5.41) is 1.13. The number of esters is 4. The van der Waals surface area contributed by atoms with Gasteiger partial charge in [-0.05, 0) is 99.2 Å². The number of benzene rings is 4. The van der Waals surface area contributed by atoms with E-state index in [9.17, 15) is 19.2 Å². The van der Waals surface area contributed by atoms with Gasteiger partial charge in [0.1, 0.15) is 11.5 Å². The van der Waals surface area contributed by atoms with Crippen LogP contribution in [0.25, 0.3) is 22.3 Å². The molecule has 1 aliphatic rings. The zero-order chi connectivity index (χ0) is 35.9. The second-order valence-electron chi connectivity index (χ2n) is 11.5. The van der Waals surface area contributed by atoms with Gasteiger partial charge < -0.3 is 18.9 Å². The van der Waals surface area contributed by atoms with Crippen molar-refractivity contribution >= 4 is 70.3 Å². The van der Waals surface area contributed by atoms with Gasteiger partial charge in [-0.2, -0.15) is 0 Å². The quantitative estimate of drug-likeness (QED) is 0.116. The van der Waals surface area contributed by atoms with Crippen molar-refractivity contribution in [1.82, 2.24) is 0 Å². The van der Waals surface area contributed by atoms with E-state index in [4.69, 9.17) is 65.4 Å². The van der Waals surface area contributed by atoms with Gasteiger partial charge in [0.25, 0.3) is 0 Å². The SMILES string of the molecule is CCOC(=O)c1ccc(-c2ccc(OC(=O)C3CCC(C(=O)Oc4ccc(-c5ccc(C(=O)OCC)cc5Cl)cc4Cl)CC3)c(Cl)c2)c(Cl)c1. The van der Waals surface area contributed by atoms with Crippen LogP contribution in [0.2, 0.25) is 20.1 Å². The van der Waals surface area contributed by atoms with Gasteiger partial charge in [-0.25, -0.2) is 9.59 Å². The first-order chi connectivity index (χ1) is 24.0. The highest BCUT2D eigenvalue weighted by atomic mass is 35.5. The maximum absolute atomic E-state index is 13.0. The Hall–Kier alpha value is -4.08. The van der Waals surface area contributed by atoms with Crippen molar-refractivity contribution in [3.8, 4) is 33.8 Å². The molecule has 50 heavy (non-hydrogen) atoms. The molecule has 0 radical (unpaired) electrons. The molecule has 4 aromatic carbocycles.